The smallest absolute Gasteiger partial charge is 0.355 e. The fraction of sp³-hybridized carbons (Fsp3) is 0.273. The zero-order valence-corrected chi connectivity index (χ0v) is 23.8. The standard InChI is InChI=1S/C22H19BrN6O9S2/c1-36-13-7-12(21(33)38-8-10-3-5-11(6-4-10)29(34)35)28-19(32)16(20(28)39-13)25-18(31)15(27-37-2)14-17(23)40-22(26-14)24-9-30/h3-7,9,13,16,20H,8H2,1-2H3,(H,25,31)(H,24,26,30)/t13?,16?,20-/m1/s1. The van der Waals surface area contributed by atoms with E-state index < -0.39 is 39.6 Å². The lowest BCUT2D eigenvalue weighted by atomic mass is 10.0. The minimum atomic E-state index is -1.05. The van der Waals surface area contributed by atoms with Gasteiger partial charge < -0.3 is 24.9 Å². The molecule has 0 radical (unpaired) electrons. The number of nitrogens with one attached hydrogen (secondary N) is 2. The predicted molar refractivity (Wildman–Crippen MR) is 145 cm³/mol. The van der Waals surface area contributed by atoms with E-state index in [1.165, 1.54) is 61.2 Å². The van der Waals surface area contributed by atoms with Crippen molar-refractivity contribution in [3.05, 3.63) is 61.2 Å². The van der Waals surface area contributed by atoms with Crippen LogP contribution in [0.1, 0.15) is 11.3 Å². The third kappa shape index (κ3) is 5.98. The predicted octanol–water partition coefficient (Wildman–Crippen LogP) is 1.73. The number of esters is 1. The second-order valence-corrected chi connectivity index (χ2v) is 11.4. The number of hydrogen-bond acceptors (Lipinski definition) is 13. The first-order chi connectivity index (χ1) is 19.2. The Kier molecular flexibility index (Phi) is 9.13. The van der Waals surface area contributed by atoms with Gasteiger partial charge in [0.05, 0.1) is 4.92 Å². The van der Waals surface area contributed by atoms with Crippen LogP contribution >= 0.6 is 39.0 Å². The number of methoxy groups -OCH3 is 1. The number of ether oxygens (including phenoxy) is 2. The fourth-order valence-corrected chi connectivity index (χ4v) is 6.32. The molecular formula is C22H19BrN6O9S2. The van der Waals surface area contributed by atoms with Gasteiger partial charge in [-0.1, -0.05) is 28.3 Å². The lowest BCUT2D eigenvalue weighted by molar-refractivity contribution is -0.384. The normalized spacial score (nSPS) is 20.0. The number of rotatable bonds is 11. The number of benzene rings is 1. The molecule has 3 amide bonds. The monoisotopic (exact) mass is 654 g/mol. The van der Waals surface area contributed by atoms with E-state index in [1.807, 2.05) is 0 Å². The number of fused-ring (bicyclic) bond motifs is 1. The zero-order chi connectivity index (χ0) is 29.0. The number of thioether (sulfide) groups is 1. The largest absolute Gasteiger partial charge is 0.456 e. The number of aromatic nitrogens is 1. The van der Waals surface area contributed by atoms with E-state index in [0.29, 0.717) is 15.8 Å². The summed E-state index contributed by atoms with van der Waals surface area (Å²) in [5, 5.41) is 19.0. The molecule has 2 aromatic rings. The number of halogens is 1. The van der Waals surface area contributed by atoms with Gasteiger partial charge in [0.15, 0.2) is 10.8 Å². The second-order valence-electron chi connectivity index (χ2n) is 7.87. The first-order valence-electron chi connectivity index (χ1n) is 11.1. The molecule has 40 heavy (non-hydrogen) atoms. The Labute approximate surface area is 242 Å². The van der Waals surface area contributed by atoms with Gasteiger partial charge in [-0.25, -0.2) is 9.78 Å². The maximum atomic E-state index is 13.1. The Morgan fingerprint density at radius 1 is 1.30 bits per heavy atom. The summed E-state index contributed by atoms with van der Waals surface area (Å²) in [6.45, 7) is -0.188. The fourth-order valence-electron chi connectivity index (χ4n) is 3.66. The van der Waals surface area contributed by atoms with Gasteiger partial charge in [0.25, 0.3) is 17.5 Å². The molecule has 1 aromatic heterocycles. The van der Waals surface area contributed by atoms with Gasteiger partial charge in [0, 0.05) is 19.2 Å². The van der Waals surface area contributed by atoms with Crippen LogP contribution in [0.2, 0.25) is 0 Å². The molecule has 18 heteroatoms. The molecule has 3 atom stereocenters. The van der Waals surface area contributed by atoms with Crippen molar-refractivity contribution in [3.8, 4) is 0 Å². The van der Waals surface area contributed by atoms with Crippen LogP contribution in [0.3, 0.4) is 0 Å². The van der Waals surface area contributed by atoms with E-state index in [4.69, 9.17) is 14.3 Å². The number of β-lactam (4-membered cyclic amide) rings is 1. The zero-order valence-electron chi connectivity index (χ0n) is 20.6. The van der Waals surface area contributed by atoms with Gasteiger partial charge in [-0.15, -0.1) is 0 Å². The Hall–Kier alpha value is -3.87. The average molecular weight is 655 g/mol. The van der Waals surface area contributed by atoms with Crippen molar-refractivity contribution in [1.82, 2.24) is 15.2 Å². The number of anilines is 1. The summed E-state index contributed by atoms with van der Waals surface area (Å²) in [5.41, 5.74) is -0.463. The molecule has 2 aliphatic heterocycles. The van der Waals surface area contributed by atoms with Gasteiger partial charge in [-0.05, 0) is 39.7 Å². The van der Waals surface area contributed by atoms with Gasteiger partial charge in [-0.3, -0.25) is 29.4 Å². The van der Waals surface area contributed by atoms with Gasteiger partial charge in [0.1, 0.15) is 45.7 Å². The van der Waals surface area contributed by atoms with Crippen LogP contribution in [0.15, 0.2) is 45.0 Å². The Balaban J connectivity index is 1.47. The van der Waals surface area contributed by atoms with Gasteiger partial charge in [0.2, 0.25) is 6.41 Å². The molecular weight excluding hydrogens is 636 g/mol. The summed E-state index contributed by atoms with van der Waals surface area (Å²) < 4.78 is 11.1. The van der Waals surface area contributed by atoms with Crippen LogP contribution in [-0.2, 0) is 40.1 Å². The van der Waals surface area contributed by atoms with Crippen LogP contribution < -0.4 is 10.6 Å². The minimum absolute atomic E-state index is 0.0642. The number of carbonyl (C=O) groups excluding carboxylic acids is 4. The molecule has 1 saturated heterocycles. The van der Waals surface area contributed by atoms with Crippen molar-refractivity contribution in [2.45, 2.75) is 23.5 Å². The highest BCUT2D eigenvalue weighted by atomic mass is 79.9. The molecule has 1 fully saturated rings. The summed E-state index contributed by atoms with van der Waals surface area (Å²) in [6.07, 6.45) is 1.86. The van der Waals surface area contributed by atoms with Crippen molar-refractivity contribution < 1.29 is 38.4 Å². The van der Waals surface area contributed by atoms with E-state index in [0.717, 1.165) is 11.3 Å². The molecule has 0 bridgehead atoms. The molecule has 2 N–H and O–H groups in total. The van der Waals surface area contributed by atoms with E-state index in [9.17, 15) is 29.3 Å². The third-order valence-corrected chi connectivity index (χ3v) is 8.50. The number of thiazole rings is 1. The van der Waals surface area contributed by atoms with Gasteiger partial charge in [-0.2, -0.15) is 0 Å². The number of nitro benzene ring substituents is 1. The number of amides is 3. The van der Waals surface area contributed by atoms with Crippen molar-refractivity contribution in [2.24, 2.45) is 5.16 Å². The van der Waals surface area contributed by atoms with E-state index in [2.05, 4.69) is 36.7 Å². The summed E-state index contributed by atoms with van der Waals surface area (Å²) in [7, 11) is 2.65. The molecule has 1 aromatic carbocycles. The average Bonchev–Trinajstić information content (AvgIpc) is 3.31. The number of oxime groups is 1. The maximum absolute atomic E-state index is 13.1. The minimum Gasteiger partial charge on any atom is -0.456 e. The molecule has 0 aliphatic carbocycles. The summed E-state index contributed by atoms with van der Waals surface area (Å²) in [4.78, 5) is 70.3. The Morgan fingerprint density at radius 3 is 2.65 bits per heavy atom. The molecule has 4 rings (SSSR count). The molecule has 3 heterocycles. The van der Waals surface area contributed by atoms with E-state index in [-0.39, 0.29) is 34.5 Å². The lowest BCUT2D eigenvalue weighted by Gasteiger charge is -2.49. The van der Waals surface area contributed by atoms with Crippen molar-refractivity contribution in [3.63, 3.8) is 0 Å². The first kappa shape index (κ1) is 29.1. The number of carbonyl (C=O) groups is 4. The molecule has 2 unspecified atom stereocenters. The molecule has 0 spiro atoms. The number of nitrogens with zero attached hydrogens (tertiary/aromatic N) is 4. The summed E-state index contributed by atoms with van der Waals surface area (Å²) >= 11 is 5.50. The van der Waals surface area contributed by atoms with Crippen LogP contribution in [0.25, 0.3) is 0 Å². The summed E-state index contributed by atoms with van der Waals surface area (Å²) in [6, 6.07) is 4.43. The quantitative estimate of drug-likeness (QED) is 0.0895. The SMILES string of the molecule is CON=C(C(=O)NC1C(=O)N2C(C(=O)OCc3ccc([N+](=O)[O-])cc3)=CC(OC)S[C@H]12)c1nc(NC=O)sc1Br. The number of hydrogen-bond donors (Lipinski definition) is 2. The van der Waals surface area contributed by atoms with Crippen molar-refractivity contribution in [1.29, 1.82) is 0 Å². The first-order valence-corrected chi connectivity index (χ1v) is 13.7. The van der Waals surface area contributed by atoms with E-state index >= 15 is 0 Å². The second kappa shape index (κ2) is 12.5. The van der Waals surface area contributed by atoms with Crippen LogP contribution in [-0.4, -0.2) is 75.8 Å². The van der Waals surface area contributed by atoms with Crippen LogP contribution in [0.5, 0.6) is 0 Å². The van der Waals surface area contributed by atoms with Crippen molar-refractivity contribution in [2.75, 3.05) is 19.5 Å². The third-order valence-electron chi connectivity index (χ3n) is 5.51. The highest BCUT2D eigenvalue weighted by Crippen LogP contribution is 2.41. The summed E-state index contributed by atoms with van der Waals surface area (Å²) in [5.74, 6) is -2.17. The van der Waals surface area contributed by atoms with Crippen molar-refractivity contribution >= 4 is 79.8 Å². The number of non-ortho nitro benzene ring substituents is 1. The maximum Gasteiger partial charge on any atom is 0.355 e. The molecule has 0 saturated carbocycles. The highest BCUT2D eigenvalue weighted by Gasteiger charge is 2.55. The van der Waals surface area contributed by atoms with Gasteiger partial charge >= 0.3 is 5.97 Å². The topological polar surface area (TPSA) is 192 Å². The van der Waals surface area contributed by atoms with Crippen LogP contribution in [0.4, 0.5) is 10.8 Å². The molecule has 2 aliphatic rings. The van der Waals surface area contributed by atoms with Crippen LogP contribution in [0, 0.1) is 10.1 Å². The Morgan fingerprint density at radius 2 is 2.02 bits per heavy atom. The lowest BCUT2D eigenvalue weighted by Crippen LogP contribution is -2.71. The Bertz CT molecular complexity index is 1410. The molecule has 210 valence electrons. The highest BCUT2D eigenvalue weighted by molar-refractivity contribution is 9.11. The number of nitro groups is 1. The van der Waals surface area contributed by atoms with E-state index in [1.54, 1.807) is 0 Å². The molecule has 15 nitrogen and oxygen atoms in total.